The van der Waals surface area contributed by atoms with Crippen molar-refractivity contribution >= 4 is 5.91 Å². The first kappa shape index (κ1) is 10.9. The Hall–Kier alpha value is -0.570. The lowest BCUT2D eigenvalue weighted by molar-refractivity contribution is -0.126. The molecular weight excluding hydrogens is 188 g/mol. The Balaban J connectivity index is 1.78. The summed E-state index contributed by atoms with van der Waals surface area (Å²) in [6.07, 6.45) is 9.02. The maximum atomic E-state index is 11.9. The van der Waals surface area contributed by atoms with Gasteiger partial charge in [-0.2, -0.15) is 0 Å². The van der Waals surface area contributed by atoms with Crippen LogP contribution in [0.5, 0.6) is 0 Å². The molecule has 3 nitrogen and oxygen atoms in total. The fourth-order valence-corrected chi connectivity index (χ4v) is 2.85. The lowest BCUT2D eigenvalue weighted by atomic mass is 9.85. The number of hydrogen-bond donors (Lipinski definition) is 2. The molecule has 3 heteroatoms. The first-order valence-electron chi connectivity index (χ1n) is 6.31. The zero-order valence-electron chi connectivity index (χ0n) is 9.37. The summed E-state index contributed by atoms with van der Waals surface area (Å²) in [7, 11) is 0. The second-order valence-corrected chi connectivity index (χ2v) is 5.11. The van der Waals surface area contributed by atoms with Gasteiger partial charge in [0.2, 0.25) is 5.91 Å². The van der Waals surface area contributed by atoms with Crippen molar-refractivity contribution in [2.45, 2.75) is 63.5 Å². The molecule has 2 atom stereocenters. The van der Waals surface area contributed by atoms with Crippen LogP contribution >= 0.6 is 0 Å². The van der Waals surface area contributed by atoms with Crippen molar-refractivity contribution in [2.75, 3.05) is 0 Å². The fraction of sp³-hybridized carbons (Fsp3) is 0.917. The third kappa shape index (κ3) is 2.94. The molecule has 2 aliphatic carbocycles. The molecule has 0 aromatic heterocycles. The van der Waals surface area contributed by atoms with E-state index in [1.807, 2.05) is 0 Å². The van der Waals surface area contributed by atoms with E-state index in [0.717, 1.165) is 25.7 Å². The summed E-state index contributed by atoms with van der Waals surface area (Å²) in [5, 5.41) is 3.17. The second-order valence-electron chi connectivity index (χ2n) is 5.11. The average molecular weight is 210 g/mol. The molecule has 0 aliphatic heterocycles. The van der Waals surface area contributed by atoms with Crippen molar-refractivity contribution in [3.63, 3.8) is 0 Å². The topological polar surface area (TPSA) is 55.1 Å². The number of rotatable bonds is 2. The SMILES string of the molecule is NC1CCCC(C(=O)NC2CCCC2)C1. The quantitative estimate of drug-likeness (QED) is 0.726. The maximum absolute atomic E-state index is 11.9. The lowest BCUT2D eigenvalue weighted by Crippen LogP contribution is -2.41. The van der Waals surface area contributed by atoms with E-state index in [9.17, 15) is 4.79 Å². The van der Waals surface area contributed by atoms with E-state index in [1.54, 1.807) is 0 Å². The van der Waals surface area contributed by atoms with Gasteiger partial charge < -0.3 is 11.1 Å². The fourth-order valence-electron chi connectivity index (χ4n) is 2.85. The normalized spacial score (nSPS) is 32.9. The molecule has 15 heavy (non-hydrogen) atoms. The van der Waals surface area contributed by atoms with Gasteiger partial charge in [0.05, 0.1) is 0 Å². The maximum Gasteiger partial charge on any atom is 0.223 e. The summed E-state index contributed by atoms with van der Waals surface area (Å²) in [4.78, 5) is 11.9. The van der Waals surface area contributed by atoms with E-state index in [1.165, 1.54) is 25.7 Å². The van der Waals surface area contributed by atoms with Gasteiger partial charge in [0, 0.05) is 18.0 Å². The van der Waals surface area contributed by atoms with Gasteiger partial charge in [-0.1, -0.05) is 19.3 Å². The Bertz CT molecular complexity index is 224. The molecule has 1 amide bonds. The van der Waals surface area contributed by atoms with Crippen LogP contribution in [0, 0.1) is 5.92 Å². The van der Waals surface area contributed by atoms with Crippen LogP contribution in [-0.4, -0.2) is 18.0 Å². The molecule has 2 aliphatic rings. The highest BCUT2D eigenvalue weighted by Crippen LogP contribution is 2.24. The molecule has 0 radical (unpaired) electrons. The van der Waals surface area contributed by atoms with Crippen molar-refractivity contribution in [3.05, 3.63) is 0 Å². The van der Waals surface area contributed by atoms with Crippen molar-refractivity contribution in [2.24, 2.45) is 11.7 Å². The summed E-state index contributed by atoms with van der Waals surface area (Å²) in [6, 6.07) is 0.703. The van der Waals surface area contributed by atoms with Crippen LogP contribution in [0.15, 0.2) is 0 Å². The van der Waals surface area contributed by atoms with E-state index >= 15 is 0 Å². The molecule has 2 rings (SSSR count). The minimum Gasteiger partial charge on any atom is -0.353 e. The van der Waals surface area contributed by atoms with Gasteiger partial charge in [-0.15, -0.1) is 0 Å². The molecule has 0 heterocycles. The van der Waals surface area contributed by atoms with E-state index < -0.39 is 0 Å². The van der Waals surface area contributed by atoms with E-state index in [2.05, 4.69) is 5.32 Å². The Morgan fingerprint density at radius 2 is 1.80 bits per heavy atom. The standard InChI is InChI=1S/C12H22N2O/c13-10-5-3-4-9(8-10)12(15)14-11-6-1-2-7-11/h9-11H,1-8,13H2,(H,14,15). The zero-order chi connectivity index (χ0) is 10.7. The highest BCUT2D eigenvalue weighted by atomic mass is 16.1. The largest absolute Gasteiger partial charge is 0.353 e. The van der Waals surface area contributed by atoms with Crippen molar-refractivity contribution in [1.29, 1.82) is 0 Å². The first-order chi connectivity index (χ1) is 7.25. The van der Waals surface area contributed by atoms with E-state index in [4.69, 9.17) is 5.73 Å². The summed E-state index contributed by atoms with van der Waals surface area (Å²) in [5.41, 5.74) is 5.89. The smallest absolute Gasteiger partial charge is 0.223 e. The molecule has 3 N–H and O–H groups in total. The number of carbonyl (C=O) groups is 1. The number of amides is 1. The lowest BCUT2D eigenvalue weighted by Gasteiger charge is -2.26. The number of carbonyl (C=O) groups excluding carboxylic acids is 1. The minimum atomic E-state index is 0.189. The van der Waals surface area contributed by atoms with Crippen LogP contribution in [0.1, 0.15) is 51.4 Å². The molecule has 0 aromatic carbocycles. The Morgan fingerprint density at radius 3 is 2.47 bits per heavy atom. The Labute approximate surface area is 91.8 Å². The van der Waals surface area contributed by atoms with Crippen LogP contribution in [0.3, 0.4) is 0 Å². The van der Waals surface area contributed by atoms with Crippen molar-refractivity contribution in [3.8, 4) is 0 Å². The third-order valence-corrected chi connectivity index (χ3v) is 3.79. The second kappa shape index (κ2) is 4.97. The van der Waals surface area contributed by atoms with Gasteiger partial charge in [0.15, 0.2) is 0 Å². The van der Waals surface area contributed by atoms with Gasteiger partial charge in [0.25, 0.3) is 0 Å². The number of nitrogens with two attached hydrogens (primary N) is 1. The van der Waals surface area contributed by atoms with Gasteiger partial charge in [0.1, 0.15) is 0 Å². The van der Waals surface area contributed by atoms with Gasteiger partial charge in [-0.05, 0) is 32.1 Å². The molecule has 0 bridgehead atoms. The van der Waals surface area contributed by atoms with Crippen molar-refractivity contribution < 1.29 is 4.79 Å². The molecule has 0 spiro atoms. The Morgan fingerprint density at radius 1 is 1.07 bits per heavy atom. The summed E-state index contributed by atoms with van der Waals surface area (Å²) in [6.45, 7) is 0. The predicted molar refractivity (Wildman–Crippen MR) is 60.3 cm³/mol. The molecule has 0 saturated heterocycles. The van der Waals surface area contributed by atoms with Crippen molar-refractivity contribution in [1.82, 2.24) is 5.32 Å². The minimum absolute atomic E-state index is 0.189. The molecule has 0 aromatic rings. The van der Waals surface area contributed by atoms with Crippen LogP contribution in [0.4, 0.5) is 0 Å². The summed E-state index contributed by atoms with van der Waals surface area (Å²) in [5.74, 6) is 0.450. The molecular formula is C12H22N2O. The first-order valence-corrected chi connectivity index (χ1v) is 6.31. The number of nitrogens with one attached hydrogen (secondary N) is 1. The summed E-state index contributed by atoms with van der Waals surface area (Å²) < 4.78 is 0. The van der Waals surface area contributed by atoms with Crippen LogP contribution in [0.2, 0.25) is 0 Å². The molecule has 2 saturated carbocycles. The van der Waals surface area contributed by atoms with Gasteiger partial charge in [-0.3, -0.25) is 4.79 Å². The highest BCUT2D eigenvalue weighted by molar-refractivity contribution is 5.79. The van der Waals surface area contributed by atoms with E-state index in [0.29, 0.717) is 6.04 Å². The monoisotopic (exact) mass is 210 g/mol. The predicted octanol–water partition coefficient (Wildman–Crippen LogP) is 1.56. The van der Waals surface area contributed by atoms with Crippen LogP contribution < -0.4 is 11.1 Å². The molecule has 2 fully saturated rings. The Kier molecular flexibility index (Phi) is 3.62. The third-order valence-electron chi connectivity index (χ3n) is 3.79. The van der Waals surface area contributed by atoms with Gasteiger partial charge >= 0.3 is 0 Å². The summed E-state index contributed by atoms with van der Waals surface area (Å²) >= 11 is 0. The van der Waals surface area contributed by atoms with Crippen LogP contribution in [0.25, 0.3) is 0 Å². The average Bonchev–Trinajstić information content (AvgIpc) is 2.70. The van der Waals surface area contributed by atoms with E-state index in [-0.39, 0.29) is 17.9 Å². The molecule has 2 unspecified atom stereocenters. The van der Waals surface area contributed by atoms with Gasteiger partial charge in [-0.25, -0.2) is 0 Å². The van der Waals surface area contributed by atoms with Crippen LogP contribution in [-0.2, 0) is 4.79 Å². The highest BCUT2D eigenvalue weighted by Gasteiger charge is 2.27. The zero-order valence-corrected chi connectivity index (χ0v) is 9.37. The molecule has 86 valence electrons. The number of hydrogen-bond acceptors (Lipinski definition) is 2.